The Morgan fingerprint density at radius 2 is 1.73 bits per heavy atom. The third-order valence-corrected chi connectivity index (χ3v) is 6.75. The third kappa shape index (κ3) is 1.86. The molecule has 3 nitrogen and oxygen atoms in total. The first-order chi connectivity index (χ1) is 9.80. The number of hydrogen-bond acceptors (Lipinski definition) is 3. The van der Waals surface area contributed by atoms with Crippen LogP contribution in [0.2, 0.25) is 0 Å². The number of fused-ring (bicyclic) bond motifs is 2. The predicted molar refractivity (Wildman–Crippen MR) is 88.4 cm³/mol. The maximum Gasteiger partial charge on any atom is 0.161 e. The van der Waals surface area contributed by atoms with Crippen LogP contribution in [0.5, 0.6) is 11.5 Å². The highest BCUT2D eigenvalue weighted by molar-refractivity contribution is 5.75. The van der Waals surface area contributed by atoms with E-state index in [0.29, 0.717) is 17.4 Å². The maximum atomic E-state index is 11.5. The van der Waals surface area contributed by atoms with Crippen LogP contribution in [0, 0.1) is 16.7 Å². The lowest BCUT2D eigenvalue weighted by Crippen LogP contribution is -2.44. The summed E-state index contributed by atoms with van der Waals surface area (Å²) in [7, 11) is 3.27. The molecule has 4 heteroatoms. The highest BCUT2D eigenvalue weighted by Crippen LogP contribution is 2.72. The van der Waals surface area contributed by atoms with Crippen LogP contribution in [-0.2, 0) is 5.60 Å². The Kier molecular flexibility index (Phi) is 4.06. The van der Waals surface area contributed by atoms with Gasteiger partial charge in [0.1, 0.15) is 0 Å². The van der Waals surface area contributed by atoms with Gasteiger partial charge in [0.05, 0.1) is 19.8 Å². The number of hydrogen-bond donors (Lipinski definition) is 1. The summed E-state index contributed by atoms with van der Waals surface area (Å²) < 4.78 is 10.7. The molecule has 2 bridgehead atoms. The van der Waals surface area contributed by atoms with E-state index in [0.717, 1.165) is 18.4 Å². The van der Waals surface area contributed by atoms with Gasteiger partial charge in [0.15, 0.2) is 11.5 Å². The van der Waals surface area contributed by atoms with Crippen LogP contribution in [0.25, 0.3) is 0 Å². The van der Waals surface area contributed by atoms with Gasteiger partial charge in [0.25, 0.3) is 0 Å². The van der Waals surface area contributed by atoms with Crippen LogP contribution in [0.3, 0.4) is 0 Å². The molecule has 0 saturated heterocycles. The molecule has 2 fully saturated rings. The second-order valence-corrected chi connectivity index (χ2v) is 7.42. The fourth-order valence-corrected chi connectivity index (χ4v) is 4.81. The standard InChI is InChI=1S/C18H26O3.B/c1-16(2)13-8-9-17(16,3)18(19,11-13)12-6-7-14(20-4)15(10-12)21-5;/h6-7,10,13,19H,8-9,11H2,1-5H3;. The largest absolute Gasteiger partial charge is 0.493 e. The molecule has 2 saturated carbocycles. The zero-order valence-electron chi connectivity index (χ0n) is 14.3. The summed E-state index contributed by atoms with van der Waals surface area (Å²) in [6.45, 7) is 6.86. The normalized spacial score (nSPS) is 35.1. The molecule has 1 aromatic rings. The number of ether oxygens (including phenoxy) is 2. The molecular formula is C18H26BO3. The fraction of sp³-hybridized carbons (Fsp3) is 0.667. The zero-order valence-corrected chi connectivity index (χ0v) is 14.3. The van der Waals surface area contributed by atoms with E-state index in [1.165, 1.54) is 6.42 Å². The molecule has 3 unspecified atom stereocenters. The van der Waals surface area contributed by atoms with Crippen molar-refractivity contribution in [3.05, 3.63) is 23.8 Å². The van der Waals surface area contributed by atoms with Gasteiger partial charge in [-0.1, -0.05) is 26.8 Å². The van der Waals surface area contributed by atoms with E-state index in [1.807, 2.05) is 18.2 Å². The summed E-state index contributed by atoms with van der Waals surface area (Å²) in [4.78, 5) is 0. The Bertz CT molecular complexity index is 571. The lowest BCUT2D eigenvalue weighted by Gasteiger charge is -2.45. The van der Waals surface area contributed by atoms with Gasteiger partial charge in [-0.15, -0.1) is 0 Å². The van der Waals surface area contributed by atoms with Crippen molar-refractivity contribution in [2.45, 2.75) is 45.6 Å². The summed E-state index contributed by atoms with van der Waals surface area (Å²) >= 11 is 0. The van der Waals surface area contributed by atoms with Gasteiger partial charge in [0, 0.05) is 13.8 Å². The molecule has 0 amide bonds. The summed E-state index contributed by atoms with van der Waals surface area (Å²) in [6.07, 6.45) is 3.14. The molecule has 0 spiro atoms. The van der Waals surface area contributed by atoms with Crippen LogP contribution in [0.4, 0.5) is 0 Å². The minimum absolute atomic E-state index is 0. The maximum absolute atomic E-state index is 11.5. The van der Waals surface area contributed by atoms with Crippen LogP contribution >= 0.6 is 0 Å². The van der Waals surface area contributed by atoms with Crippen LogP contribution in [0.1, 0.15) is 45.6 Å². The minimum Gasteiger partial charge on any atom is -0.493 e. The molecule has 0 heterocycles. The molecule has 0 aliphatic heterocycles. The van der Waals surface area contributed by atoms with Crippen LogP contribution < -0.4 is 9.47 Å². The van der Waals surface area contributed by atoms with Gasteiger partial charge in [-0.2, -0.15) is 0 Å². The summed E-state index contributed by atoms with van der Waals surface area (Å²) in [5.41, 5.74) is 0.246. The fourth-order valence-electron chi connectivity index (χ4n) is 4.81. The minimum atomic E-state index is -0.779. The van der Waals surface area contributed by atoms with Crippen molar-refractivity contribution in [3.63, 3.8) is 0 Å². The molecule has 1 aromatic carbocycles. The zero-order chi connectivity index (χ0) is 15.5. The molecule has 119 valence electrons. The molecule has 1 N–H and O–H groups in total. The van der Waals surface area contributed by atoms with Gasteiger partial charge >= 0.3 is 0 Å². The van der Waals surface area contributed by atoms with E-state index in [-0.39, 0.29) is 19.2 Å². The van der Waals surface area contributed by atoms with Crippen molar-refractivity contribution in [3.8, 4) is 11.5 Å². The van der Waals surface area contributed by atoms with Crippen LogP contribution in [-0.4, -0.2) is 27.7 Å². The Morgan fingerprint density at radius 3 is 2.18 bits per heavy atom. The second-order valence-electron chi connectivity index (χ2n) is 7.42. The number of rotatable bonds is 3. The average molecular weight is 301 g/mol. The smallest absolute Gasteiger partial charge is 0.161 e. The molecule has 3 radical (unpaired) electrons. The second kappa shape index (κ2) is 5.19. The van der Waals surface area contributed by atoms with Gasteiger partial charge in [-0.3, -0.25) is 0 Å². The lowest BCUT2D eigenvalue weighted by molar-refractivity contribution is -0.0958. The lowest BCUT2D eigenvalue weighted by atomic mass is 9.62. The first kappa shape index (κ1) is 17.2. The first-order valence-corrected chi connectivity index (χ1v) is 7.75. The molecule has 2 aliphatic rings. The number of aliphatic hydroxyl groups is 1. The summed E-state index contributed by atoms with van der Waals surface area (Å²) in [6, 6.07) is 5.83. The SMILES string of the molecule is COc1ccc(C2(O)CC3CCC2(C)C3(C)C)cc1OC.[B]. The van der Waals surface area contributed by atoms with E-state index in [1.54, 1.807) is 14.2 Å². The van der Waals surface area contributed by atoms with Crippen molar-refractivity contribution in [1.82, 2.24) is 0 Å². The van der Waals surface area contributed by atoms with Crippen molar-refractivity contribution >= 4 is 8.41 Å². The molecule has 2 aliphatic carbocycles. The van der Waals surface area contributed by atoms with Crippen molar-refractivity contribution in [1.29, 1.82) is 0 Å². The summed E-state index contributed by atoms with van der Waals surface area (Å²) in [5.74, 6) is 1.98. The third-order valence-electron chi connectivity index (χ3n) is 6.75. The number of benzene rings is 1. The van der Waals surface area contributed by atoms with Gasteiger partial charge < -0.3 is 14.6 Å². The van der Waals surface area contributed by atoms with E-state index in [4.69, 9.17) is 9.47 Å². The van der Waals surface area contributed by atoms with Crippen LogP contribution in [0.15, 0.2) is 18.2 Å². The molecule has 3 rings (SSSR count). The monoisotopic (exact) mass is 301 g/mol. The Balaban J connectivity index is 0.00000176. The Hall–Kier alpha value is -1.16. The first-order valence-electron chi connectivity index (χ1n) is 7.75. The highest BCUT2D eigenvalue weighted by Gasteiger charge is 2.68. The van der Waals surface area contributed by atoms with Crippen molar-refractivity contribution in [2.24, 2.45) is 16.7 Å². The summed E-state index contributed by atoms with van der Waals surface area (Å²) in [5, 5.41) is 11.5. The highest BCUT2D eigenvalue weighted by atomic mass is 16.5. The molecule has 0 aromatic heterocycles. The van der Waals surface area contributed by atoms with Crippen molar-refractivity contribution < 1.29 is 14.6 Å². The van der Waals surface area contributed by atoms with Gasteiger partial charge in [-0.05, 0) is 48.3 Å². The van der Waals surface area contributed by atoms with E-state index in [9.17, 15) is 5.11 Å². The topological polar surface area (TPSA) is 38.7 Å². The number of methoxy groups -OCH3 is 2. The predicted octanol–water partition coefficient (Wildman–Crippen LogP) is 3.36. The van der Waals surface area contributed by atoms with Crippen molar-refractivity contribution in [2.75, 3.05) is 14.2 Å². The Labute approximate surface area is 135 Å². The quantitative estimate of drug-likeness (QED) is 0.870. The van der Waals surface area contributed by atoms with Gasteiger partial charge in [-0.25, -0.2) is 0 Å². The molecule has 22 heavy (non-hydrogen) atoms. The van der Waals surface area contributed by atoms with E-state index >= 15 is 0 Å². The Morgan fingerprint density at radius 1 is 1.09 bits per heavy atom. The average Bonchev–Trinajstić information content (AvgIpc) is 2.78. The van der Waals surface area contributed by atoms with E-state index in [2.05, 4.69) is 20.8 Å². The van der Waals surface area contributed by atoms with E-state index < -0.39 is 5.60 Å². The van der Waals surface area contributed by atoms with Gasteiger partial charge in [0.2, 0.25) is 0 Å². The molecular weight excluding hydrogens is 275 g/mol. The molecule has 3 atom stereocenters.